The van der Waals surface area contributed by atoms with Gasteiger partial charge >= 0.3 is 0 Å². The van der Waals surface area contributed by atoms with Gasteiger partial charge < -0.3 is 0 Å². The van der Waals surface area contributed by atoms with Crippen LogP contribution in [-0.2, 0) is 10.8 Å². The smallest absolute Gasteiger partial charge is 0.00237 e. The number of rotatable bonds is 5. The van der Waals surface area contributed by atoms with Gasteiger partial charge in [-0.15, -0.1) is 0 Å². The van der Waals surface area contributed by atoms with E-state index in [0.717, 1.165) is 18.3 Å². The van der Waals surface area contributed by atoms with Crippen LogP contribution in [0.15, 0.2) is 30.4 Å². The highest BCUT2D eigenvalue weighted by atomic mass is 14.3. The lowest BCUT2D eigenvalue weighted by Gasteiger charge is -2.31. The van der Waals surface area contributed by atoms with Crippen molar-refractivity contribution < 1.29 is 0 Å². The second-order valence-corrected chi connectivity index (χ2v) is 16.8. The Labute approximate surface area is 262 Å². The molecule has 43 heavy (non-hydrogen) atoms. The summed E-state index contributed by atoms with van der Waals surface area (Å²) in [6, 6.07) is 5.13. The number of fused-ring (bicyclic) bond motifs is 2. The van der Waals surface area contributed by atoms with Gasteiger partial charge in [-0.25, -0.2) is 0 Å². The molecule has 2 saturated carbocycles. The Morgan fingerprint density at radius 2 is 1.37 bits per heavy atom. The summed E-state index contributed by atoms with van der Waals surface area (Å²) in [5, 5.41) is 6.20. The van der Waals surface area contributed by atoms with Gasteiger partial charge in [-0.05, 0) is 128 Å². The van der Waals surface area contributed by atoms with Crippen molar-refractivity contribution in [1.29, 1.82) is 0 Å². The molecule has 2 aromatic carbocycles. The van der Waals surface area contributed by atoms with Crippen molar-refractivity contribution in [2.24, 2.45) is 11.8 Å². The highest BCUT2D eigenvalue weighted by molar-refractivity contribution is 5.82. The molecule has 0 saturated heterocycles. The number of benzene rings is 2. The average Bonchev–Trinajstić information content (AvgIpc) is 3.59. The molecule has 0 N–H and O–H groups in total. The molecule has 0 atom stereocenters. The lowest BCUT2D eigenvalue weighted by molar-refractivity contribution is 0.342. The predicted molar refractivity (Wildman–Crippen MR) is 188 cm³/mol. The highest BCUT2D eigenvalue weighted by Gasteiger charge is 2.29. The Morgan fingerprint density at radius 1 is 0.767 bits per heavy atom. The minimum absolute atomic E-state index is 0.0699. The number of hydrogen-bond donors (Lipinski definition) is 0. The summed E-state index contributed by atoms with van der Waals surface area (Å²) < 4.78 is 0. The van der Waals surface area contributed by atoms with Gasteiger partial charge in [-0.1, -0.05) is 136 Å². The summed E-state index contributed by atoms with van der Waals surface area (Å²) in [7, 11) is 0. The fraction of sp³-hybridized carbons (Fsp3) is 0.581. The van der Waals surface area contributed by atoms with Crippen molar-refractivity contribution in [3.8, 4) is 0 Å². The summed E-state index contributed by atoms with van der Waals surface area (Å²) in [6.07, 6.45) is 27.5. The zero-order valence-corrected chi connectivity index (χ0v) is 28.8. The molecule has 4 aliphatic carbocycles. The first-order valence-electron chi connectivity index (χ1n) is 17.9. The summed E-state index contributed by atoms with van der Waals surface area (Å²) in [4.78, 5) is 0. The molecule has 0 radical (unpaired) electrons. The molecule has 0 spiro atoms. The molecule has 4 aliphatic rings. The average molecular weight is 575 g/mol. The Balaban J connectivity index is 1.79. The van der Waals surface area contributed by atoms with Gasteiger partial charge in [0, 0.05) is 0 Å². The molecule has 0 aliphatic heterocycles. The van der Waals surface area contributed by atoms with E-state index in [4.69, 9.17) is 0 Å². The molecule has 0 nitrogen and oxygen atoms in total. The standard InChI is InChI=1S/C43H58/c1-28-23-33-26-36-38(32-21-15-16-22-32)29(2)41(43(6,7)8)39(40(36)35(33)27-37(28)42(3,4)5)34(24-30-17-11-9-12-18-30)25-31-19-13-10-14-20-31/h15-16,21,23,26-27,30-31H,9-14,17-20,22,24-25H2,1-8H3. The minimum Gasteiger partial charge on any atom is -0.0801 e. The Bertz CT molecular complexity index is 1640. The first kappa shape index (κ1) is 30.7. The van der Waals surface area contributed by atoms with Crippen LogP contribution >= 0.6 is 0 Å². The monoisotopic (exact) mass is 574 g/mol. The van der Waals surface area contributed by atoms with E-state index in [2.05, 4.69) is 91.8 Å². The first-order chi connectivity index (χ1) is 20.4. The van der Waals surface area contributed by atoms with E-state index in [1.807, 2.05) is 5.57 Å². The molecule has 6 rings (SSSR count). The largest absolute Gasteiger partial charge is 0.0801 e. The predicted octanol–water partition coefficient (Wildman–Crippen LogP) is 10.8. The maximum absolute atomic E-state index is 2.61. The molecule has 0 amide bonds. The molecule has 0 heteroatoms. The van der Waals surface area contributed by atoms with Crippen LogP contribution in [0.5, 0.6) is 0 Å². The quantitative estimate of drug-likeness (QED) is 0.284. The summed E-state index contributed by atoms with van der Waals surface area (Å²) in [5.74, 6) is 1.70. The molecule has 230 valence electrons. The molecule has 2 fully saturated rings. The topological polar surface area (TPSA) is 0 Å². The van der Waals surface area contributed by atoms with Crippen LogP contribution < -0.4 is 10.4 Å². The third-order valence-corrected chi connectivity index (χ3v) is 11.3. The summed E-state index contributed by atoms with van der Waals surface area (Å²) >= 11 is 0. The molecule has 0 bridgehead atoms. The molecule has 0 heterocycles. The highest BCUT2D eigenvalue weighted by Crippen LogP contribution is 2.39. The van der Waals surface area contributed by atoms with E-state index < -0.39 is 0 Å². The van der Waals surface area contributed by atoms with Crippen molar-refractivity contribution in [3.63, 3.8) is 0 Å². The van der Waals surface area contributed by atoms with E-state index in [9.17, 15) is 0 Å². The molecular formula is C43H58. The van der Waals surface area contributed by atoms with E-state index in [1.165, 1.54) is 121 Å². The zero-order valence-electron chi connectivity index (χ0n) is 28.8. The van der Waals surface area contributed by atoms with Crippen molar-refractivity contribution >= 4 is 17.2 Å². The van der Waals surface area contributed by atoms with Crippen LogP contribution in [0.1, 0.15) is 158 Å². The van der Waals surface area contributed by atoms with Gasteiger partial charge in [0.15, 0.2) is 0 Å². The second-order valence-electron chi connectivity index (χ2n) is 16.8. The van der Waals surface area contributed by atoms with Crippen molar-refractivity contribution in [2.75, 3.05) is 0 Å². The lowest BCUT2D eigenvalue weighted by Crippen LogP contribution is -2.31. The van der Waals surface area contributed by atoms with Crippen LogP contribution in [0.2, 0.25) is 0 Å². The normalized spacial score (nSPS) is 19.3. The van der Waals surface area contributed by atoms with Gasteiger partial charge in [0.05, 0.1) is 0 Å². The van der Waals surface area contributed by atoms with Crippen molar-refractivity contribution in [1.82, 2.24) is 0 Å². The van der Waals surface area contributed by atoms with Gasteiger partial charge in [-0.3, -0.25) is 0 Å². The van der Waals surface area contributed by atoms with Crippen LogP contribution in [-0.4, -0.2) is 0 Å². The third kappa shape index (κ3) is 6.02. The van der Waals surface area contributed by atoms with Crippen LogP contribution in [0, 0.1) is 36.1 Å². The van der Waals surface area contributed by atoms with Crippen molar-refractivity contribution in [3.05, 3.63) is 84.6 Å². The van der Waals surface area contributed by atoms with E-state index in [1.54, 1.807) is 16.0 Å². The fourth-order valence-corrected chi connectivity index (χ4v) is 9.46. The van der Waals surface area contributed by atoms with Crippen molar-refractivity contribution in [2.45, 2.75) is 150 Å². The maximum Gasteiger partial charge on any atom is -0.00237 e. The van der Waals surface area contributed by atoms with Crippen LogP contribution in [0.3, 0.4) is 0 Å². The second kappa shape index (κ2) is 11.9. The van der Waals surface area contributed by atoms with E-state index in [0.29, 0.717) is 0 Å². The summed E-state index contributed by atoms with van der Waals surface area (Å²) in [5.41, 5.74) is 12.7. The third-order valence-electron chi connectivity index (χ3n) is 11.3. The molecule has 2 aromatic rings. The molecule has 0 unspecified atom stereocenters. The summed E-state index contributed by atoms with van der Waals surface area (Å²) in [6.45, 7) is 19.4. The zero-order chi connectivity index (χ0) is 30.5. The van der Waals surface area contributed by atoms with Gasteiger partial charge in [-0.2, -0.15) is 0 Å². The first-order valence-corrected chi connectivity index (χ1v) is 17.9. The van der Waals surface area contributed by atoms with Crippen LogP contribution in [0.25, 0.3) is 17.2 Å². The van der Waals surface area contributed by atoms with E-state index in [-0.39, 0.29) is 10.8 Å². The Morgan fingerprint density at radius 3 is 1.88 bits per heavy atom. The number of allylic oxidation sites excluding steroid dienone is 4. The Hall–Kier alpha value is -2.34. The van der Waals surface area contributed by atoms with Gasteiger partial charge in [0.25, 0.3) is 0 Å². The molecule has 0 aromatic heterocycles. The number of hydrogen-bond acceptors (Lipinski definition) is 0. The lowest BCUT2D eigenvalue weighted by atomic mass is 9.73. The minimum atomic E-state index is 0.0699. The SMILES string of the molecule is Cc1cc2c(cc1C(C)(C)C)=c1c(c(C3=CC=CC3)c(C)c(C(C)(C)C)c1=C(CC1CCCCC1)CC1CCCCC1)C=2. The van der Waals surface area contributed by atoms with E-state index >= 15 is 0 Å². The molecular weight excluding hydrogens is 516 g/mol. The Kier molecular flexibility index (Phi) is 8.47. The van der Waals surface area contributed by atoms with Crippen LogP contribution in [0.4, 0.5) is 0 Å². The van der Waals surface area contributed by atoms with Gasteiger partial charge in [0.2, 0.25) is 0 Å². The fourth-order valence-electron chi connectivity index (χ4n) is 9.46. The maximum atomic E-state index is 2.61. The number of aryl methyl sites for hydroxylation is 1. The van der Waals surface area contributed by atoms with Gasteiger partial charge in [0.1, 0.15) is 0 Å².